The van der Waals surface area contributed by atoms with Gasteiger partial charge in [-0.1, -0.05) is 6.07 Å². The molecule has 0 aromatic heterocycles. The zero-order chi connectivity index (χ0) is 13.3. The Kier molecular flexibility index (Phi) is 3.57. The molecule has 0 radical (unpaired) electrons. The van der Waals surface area contributed by atoms with Crippen molar-refractivity contribution in [1.82, 2.24) is 0 Å². The minimum absolute atomic E-state index is 0.645. The van der Waals surface area contributed by atoms with Crippen LogP contribution in [-0.4, -0.2) is 22.9 Å². The summed E-state index contributed by atoms with van der Waals surface area (Å²) < 4.78 is 4.77. The van der Waals surface area contributed by atoms with Crippen molar-refractivity contribution in [3.8, 4) is 5.75 Å². The molecule has 1 aromatic carbocycles. The van der Waals surface area contributed by atoms with E-state index in [1.54, 1.807) is 7.11 Å². The molecule has 1 N–H and O–H groups in total. The predicted molar refractivity (Wildman–Crippen MR) is 72.5 cm³/mol. The number of methoxy groups -OCH3 is 1. The lowest BCUT2D eigenvalue weighted by Gasteiger charge is -2.37. The van der Waals surface area contributed by atoms with E-state index in [4.69, 9.17) is 4.74 Å². The number of carboxylic acid groups (broad SMARTS) is 1. The molecular weight excluding hydrogens is 248 g/mol. The van der Waals surface area contributed by atoms with Crippen molar-refractivity contribution in [2.75, 3.05) is 7.11 Å². The lowest BCUT2D eigenvalue weighted by Crippen LogP contribution is -2.41. The number of hydrogen-bond acceptors (Lipinski definition) is 3. The average Bonchev–Trinajstić information content (AvgIpc) is 2.22. The minimum atomic E-state index is -0.708. The van der Waals surface area contributed by atoms with E-state index in [0.29, 0.717) is 0 Å². The number of ether oxygens (including phenoxy) is 1. The van der Waals surface area contributed by atoms with Crippen LogP contribution >= 0.6 is 11.8 Å². The normalized spacial score (nSPS) is 17.1. The van der Waals surface area contributed by atoms with Crippen LogP contribution in [0.15, 0.2) is 17.0 Å². The van der Waals surface area contributed by atoms with Gasteiger partial charge in [0, 0.05) is 0 Å². The van der Waals surface area contributed by atoms with Gasteiger partial charge in [0.1, 0.15) is 10.5 Å². The first-order valence-corrected chi connectivity index (χ1v) is 6.88. The zero-order valence-corrected chi connectivity index (χ0v) is 11.8. The summed E-state index contributed by atoms with van der Waals surface area (Å²) in [5, 5.41) is 9.39. The summed E-state index contributed by atoms with van der Waals surface area (Å²) in [5.41, 5.74) is 2.19. The highest BCUT2D eigenvalue weighted by Gasteiger charge is 2.46. The Morgan fingerprint density at radius 1 is 1.39 bits per heavy atom. The van der Waals surface area contributed by atoms with Crippen molar-refractivity contribution >= 4 is 17.7 Å². The van der Waals surface area contributed by atoms with Crippen molar-refractivity contribution in [3.63, 3.8) is 0 Å². The number of rotatable bonds is 4. The summed E-state index contributed by atoms with van der Waals surface area (Å²) in [6.07, 6.45) is 2.47. The summed E-state index contributed by atoms with van der Waals surface area (Å²) in [5.74, 6) is 0.0955. The molecule has 0 bridgehead atoms. The number of carboxylic acids is 1. The molecule has 1 aliphatic rings. The zero-order valence-electron chi connectivity index (χ0n) is 10.9. The third kappa shape index (κ3) is 2.21. The molecular formula is C14H18O3S. The molecule has 0 atom stereocenters. The molecule has 0 aliphatic heterocycles. The van der Waals surface area contributed by atoms with E-state index >= 15 is 0 Å². The van der Waals surface area contributed by atoms with Crippen molar-refractivity contribution < 1.29 is 14.6 Å². The van der Waals surface area contributed by atoms with Crippen LogP contribution in [0.4, 0.5) is 0 Å². The monoisotopic (exact) mass is 266 g/mol. The van der Waals surface area contributed by atoms with Gasteiger partial charge in [0.25, 0.3) is 0 Å². The van der Waals surface area contributed by atoms with Crippen LogP contribution in [0.25, 0.3) is 0 Å². The Labute approximate surface area is 112 Å². The molecule has 3 nitrogen and oxygen atoms in total. The van der Waals surface area contributed by atoms with E-state index in [0.717, 1.165) is 41.0 Å². The van der Waals surface area contributed by atoms with Crippen LogP contribution < -0.4 is 4.74 Å². The van der Waals surface area contributed by atoms with Gasteiger partial charge in [-0.15, -0.1) is 11.8 Å². The van der Waals surface area contributed by atoms with Crippen LogP contribution in [0.2, 0.25) is 0 Å². The van der Waals surface area contributed by atoms with Crippen molar-refractivity contribution in [2.24, 2.45) is 0 Å². The standard InChI is InChI=1S/C14H18O3S/c1-9-7-10(2)12(17-3)11(8-9)18-14(13(15)16)5-4-6-14/h7-8H,4-6H2,1-3H3,(H,15,16). The first-order chi connectivity index (χ1) is 8.48. The van der Waals surface area contributed by atoms with E-state index in [-0.39, 0.29) is 0 Å². The maximum Gasteiger partial charge on any atom is 0.320 e. The highest BCUT2D eigenvalue weighted by Crippen LogP contribution is 2.50. The van der Waals surface area contributed by atoms with Crippen LogP contribution in [0.1, 0.15) is 30.4 Å². The van der Waals surface area contributed by atoms with Gasteiger partial charge >= 0.3 is 5.97 Å². The Balaban J connectivity index is 2.36. The lowest BCUT2D eigenvalue weighted by molar-refractivity contribution is -0.142. The maximum atomic E-state index is 11.4. The summed E-state index contributed by atoms with van der Waals surface area (Å²) in [4.78, 5) is 12.4. The van der Waals surface area contributed by atoms with E-state index in [9.17, 15) is 9.90 Å². The minimum Gasteiger partial charge on any atom is -0.495 e. The SMILES string of the molecule is COc1c(C)cc(C)cc1SC1(C(=O)O)CCC1. The van der Waals surface area contributed by atoms with Crippen LogP contribution in [0.3, 0.4) is 0 Å². The number of carbonyl (C=O) groups is 1. The van der Waals surface area contributed by atoms with Crippen LogP contribution in [0.5, 0.6) is 5.75 Å². The second-order valence-electron chi connectivity index (χ2n) is 4.87. The second kappa shape index (κ2) is 4.84. The first kappa shape index (κ1) is 13.3. The van der Waals surface area contributed by atoms with Crippen molar-refractivity contribution in [2.45, 2.75) is 42.8 Å². The van der Waals surface area contributed by atoms with Gasteiger partial charge in [-0.3, -0.25) is 4.79 Å². The molecule has 1 aromatic rings. The molecule has 2 rings (SSSR count). The third-order valence-electron chi connectivity index (χ3n) is 3.45. The molecule has 98 valence electrons. The van der Waals surface area contributed by atoms with E-state index in [1.165, 1.54) is 11.8 Å². The molecule has 1 fully saturated rings. The summed E-state index contributed by atoms with van der Waals surface area (Å²) in [6, 6.07) is 4.07. The average molecular weight is 266 g/mol. The molecule has 0 spiro atoms. The molecule has 1 aliphatic carbocycles. The van der Waals surface area contributed by atoms with Crippen molar-refractivity contribution in [1.29, 1.82) is 0 Å². The van der Waals surface area contributed by atoms with Gasteiger partial charge in [-0.25, -0.2) is 0 Å². The smallest absolute Gasteiger partial charge is 0.320 e. The van der Waals surface area contributed by atoms with E-state index in [2.05, 4.69) is 6.07 Å². The second-order valence-corrected chi connectivity index (χ2v) is 6.29. The number of thioether (sulfide) groups is 1. The third-order valence-corrected chi connectivity index (χ3v) is 4.94. The molecule has 18 heavy (non-hydrogen) atoms. The first-order valence-electron chi connectivity index (χ1n) is 6.06. The molecule has 0 heterocycles. The molecule has 0 amide bonds. The highest BCUT2D eigenvalue weighted by molar-refractivity contribution is 8.01. The Morgan fingerprint density at radius 3 is 2.50 bits per heavy atom. The number of benzene rings is 1. The fourth-order valence-electron chi connectivity index (χ4n) is 2.32. The summed E-state index contributed by atoms with van der Waals surface area (Å²) in [7, 11) is 1.63. The molecule has 1 saturated carbocycles. The van der Waals surface area contributed by atoms with Crippen LogP contribution in [-0.2, 0) is 4.79 Å². The lowest BCUT2D eigenvalue weighted by atomic mass is 9.84. The highest BCUT2D eigenvalue weighted by atomic mass is 32.2. The summed E-state index contributed by atoms with van der Waals surface area (Å²) in [6.45, 7) is 4.01. The quantitative estimate of drug-likeness (QED) is 0.907. The molecule has 4 heteroatoms. The predicted octanol–water partition coefficient (Wildman–Crippen LogP) is 3.41. The Bertz CT molecular complexity index is 478. The Hall–Kier alpha value is -1.16. The topological polar surface area (TPSA) is 46.5 Å². The summed E-state index contributed by atoms with van der Waals surface area (Å²) >= 11 is 1.44. The fourth-order valence-corrected chi connectivity index (χ4v) is 3.90. The van der Waals surface area contributed by atoms with E-state index in [1.807, 2.05) is 19.9 Å². The van der Waals surface area contributed by atoms with E-state index < -0.39 is 10.7 Å². The maximum absolute atomic E-state index is 11.4. The van der Waals surface area contributed by atoms with Gasteiger partial charge < -0.3 is 9.84 Å². The fraction of sp³-hybridized carbons (Fsp3) is 0.500. The van der Waals surface area contributed by atoms with Gasteiger partial charge in [-0.05, 0) is 50.3 Å². The number of hydrogen-bond donors (Lipinski definition) is 1. The number of aliphatic carboxylic acids is 1. The largest absolute Gasteiger partial charge is 0.495 e. The number of aryl methyl sites for hydroxylation is 2. The van der Waals surface area contributed by atoms with Gasteiger partial charge in [0.05, 0.1) is 12.0 Å². The van der Waals surface area contributed by atoms with Gasteiger partial charge in [0.15, 0.2) is 0 Å². The van der Waals surface area contributed by atoms with Gasteiger partial charge in [0.2, 0.25) is 0 Å². The molecule has 0 unspecified atom stereocenters. The van der Waals surface area contributed by atoms with Crippen LogP contribution in [0, 0.1) is 13.8 Å². The van der Waals surface area contributed by atoms with Crippen molar-refractivity contribution in [3.05, 3.63) is 23.3 Å². The Morgan fingerprint density at radius 2 is 2.06 bits per heavy atom. The van der Waals surface area contributed by atoms with Gasteiger partial charge in [-0.2, -0.15) is 0 Å². The molecule has 0 saturated heterocycles.